The molecule has 0 aliphatic carbocycles. The number of anilines is 1. The number of benzene rings is 1. The number of fused-ring (bicyclic) bond motifs is 1. The van der Waals surface area contributed by atoms with Crippen molar-refractivity contribution in [3.05, 3.63) is 47.9 Å². The van der Waals surface area contributed by atoms with Gasteiger partial charge in [0, 0.05) is 6.54 Å². The summed E-state index contributed by atoms with van der Waals surface area (Å²) in [5.74, 6) is 1.50. The van der Waals surface area contributed by atoms with Crippen LogP contribution in [0.4, 0.5) is 5.69 Å². The molecule has 5 nitrogen and oxygen atoms in total. The molecule has 1 aliphatic rings. The molecule has 1 aliphatic heterocycles. The van der Waals surface area contributed by atoms with Crippen LogP contribution in [0.5, 0.6) is 5.75 Å². The quantitative estimate of drug-likeness (QED) is 0.879. The van der Waals surface area contributed by atoms with Gasteiger partial charge in [-0.15, -0.1) is 0 Å². The van der Waals surface area contributed by atoms with Crippen LogP contribution in [0.3, 0.4) is 0 Å². The molecule has 0 atom stereocenters. The molecular formula is C14H14N2O3. The minimum Gasteiger partial charge on any atom is -0.482 e. The average Bonchev–Trinajstić information content (AvgIpc) is 2.91. The summed E-state index contributed by atoms with van der Waals surface area (Å²) < 4.78 is 10.5. The van der Waals surface area contributed by atoms with Crippen LogP contribution < -0.4 is 15.4 Å². The standard InChI is InChI=1S/C14H14N2O3/c17-14-9-19-13-4-3-10(6-12(13)16-14)7-15-8-11-2-1-5-18-11/h1-6,15H,7-9H2,(H,16,17). The van der Waals surface area contributed by atoms with Crippen molar-refractivity contribution >= 4 is 11.6 Å². The van der Waals surface area contributed by atoms with Crippen molar-refractivity contribution in [1.82, 2.24) is 5.32 Å². The molecule has 2 heterocycles. The van der Waals surface area contributed by atoms with E-state index in [0.29, 0.717) is 13.1 Å². The van der Waals surface area contributed by atoms with Crippen LogP contribution in [0.15, 0.2) is 41.0 Å². The molecule has 98 valence electrons. The van der Waals surface area contributed by atoms with Crippen LogP contribution in [0.1, 0.15) is 11.3 Å². The normalized spacial score (nSPS) is 13.6. The number of carbonyl (C=O) groups excluding carboxylic acids is 1. The van der Waals surface area contributed by atoms with Gasteiger partial charge in [-0.05, 0) is 29.8 Å². The Labute approximate surface area is 110 Å². The maximum atomic E-state index is 11.2. The Morgan fingerprint density at radius 3 is 3.05 bits per heavy atom. The SMILES string of the molecule is O=C1COc2ccc(CNCc3ccco3)cc2N1. The lowest BCUT2D eigenvalue weighted by atomic mass is 10.1. The van der Waals surface area contributed by atoms with E-state index in [1.165, 1.54) is 0 Å². The van der Waals surface area contributed by atoms with E-state index in [0.717, 1.165) is 22.8 Å². The molecule has 0 fully saturated rings. The van der Waals surface area contributed by atoms with Crippen molar-refractivity contribution in [3.8, 4) is 5.75 Å². The van der Waals surface area contributed by atoms with E-state index in [1.54, 1.807) is 6.26 Å². The predicted molar refractivity (Wildman–Crippen MR) is 69.8 cm³/mol. The Kier molecular flexibility index (Phi) is 3.20. The van der Waals surface area contributed by atoms with E-state index in [2.05, 4.69) is 10.6 Å². The monoisotopic (exact) mass is 258 g/mol. The van der Waals surface area contributed by atoms with Crippen LogP contribution in [0, 0.1) is 0 Å². The summed E-state index contributed by atoms with van der Waals surface area (Å²) in [6.07, 6.45) is 1.66. The summed E-state index contributed by atoms with van der Waals surface area (Å²) in [4.78, 5) is 11.2. The van der Waals surface area contributed by atoms with Crippen molar-refractivity contribution in [2.45, 2.75) is 13.1 Å². The fraction of sp³-hybridized carbons (Fsp3) is 0.214. The summed E-state index contributed by atoms with van der Waals surface area (Å²) >= 11 is 0. The molecule has 0 spiro atoms. The van der Waals surface area contributed by atoms with Crippen LogP contribution in [0.2, 0.25) is 0 Å². The molecule has 1 aromatic heterocycles. The van der Waals surface area contributed by atoms with E-state index in [1.807, 2.05) is 30.3 Å². The van der Waals surface area contributed by atoms with Gasteiger partial charge in [-0.1, -0.05) is 6.07 Å². The van der Waals surface area contributed by atoms with Gasteiger partial charge in [-0.2, -0.15) is 0 Å². The highest BCUT2D eigenvalue weighted by Crippen LogP contribution is 2.28. The Hall–Kier alpha value is -2.27. The summed E-state index contributed by atoms with van der Waals surface area (Å²) in [5, 5.41) is 6.07. The molecular weight excluding hydrogens is 244 g/mol. The maximum absolute atomic E-state index is 11.2. The predicted octanol–water partition coefficient (Wildman–Crippen LogP) is 1.90. The first-order valence-electron chi connectivity index (χ1n) is 6.10. The number of ether oxygens (including phenoxy) is 1. The van der Waals surface area contributed by atoms with Gasteiger partial charge in [0.15, 0.2) is 6.61 Å². The molecule has 3 rings (SSSR count). The molecule has 0 bridgehead atoms. The second kappa shape index (κ2) is 5.16. The van der Waals surface area contributed by atoms with Crippen molar-refractivity contribution in [2.24, 2.45) is 0 Å². The molecule has 1 amide bonds. The van der Waals surface area contributed by atoms with E-state index in [-0.39, 0.29) is 12.5 Å². The highest BCUT2D eigenvalue weighted by Gasteiger charge is 2.15. The van der Waals surface area contributed by atoms with Gasteiger partial charge in [0.25, 0.3) is 5.91 Å². The third-order valence-electron chi connectivity index (χ3n) is 2.89. The summed E-state index contributed by atoms with van der Waals surface area (Å²) in [6.45, 7) is 1.46. The minimum absolute atomic E-state index is 0.0864. The minimum atomic E-state index is -0.117. The second-order valence-electron chi connectivity index (χ2n) is 4.35. The number of amides is 1. The van der Waals surface area contributed by atoms with Gasteiger partial charge in [-0.25, -0.2) is 0 Å². The number of carbonyl (C=O) groups is 1. The number of hydrogen-bond acceptors (Lipinski definition) is 4. The van der Waals surface area contributed by atoms with Crippen LogP contribution >= 0.6 is 0 Å². The lowest BCUT2D eigenvalue weighted by molar-refractivity contribution is -0.118. The Morgan fingerprint density at radius 1 is 1.26 bits per heavy atom. The first kappa shape index (κ1) is 11.8. The van der Waals surface area contributed by atoms with E-state index in [9.17, 15) is 4.79 Å². The number of rotatable bonds is 4. The van der Waals surface area contributed by atoms with Gasteiger partial charge >= 0.3 is 0 Å². The topological polar surface area (TPSA) is 63.5 Å². The number of hydrogen-bond donors (Lipinski definition) is 2. The Bertz CT molecular complexity index is 578. The lowest BCUT2D eigenvalue weighted by Crippen LogP contribution is -2.25. The molecule has 0 radical (unpaired) electrons. The number of furan rings is 1. The zero-order valence-electron chi connectivity index (χ0n) is 10.3. The molecule has 5 heteroatoms. The van der Waals surface area contributed by atoms with Gasteiger partial charge in [0.2, 0.25) is 0 Å². The van der Waals surface area contributed by atoms with Crippen LogP contribution in [0.25, 0.3) is 0 Å². The van der Waals surface area contributed by atoms with Crippen molar-refractivity contribution in [1.29, 1.82) is 0 Å². The summed E-state index contributed by atoms with van der Waals surface area (Å²) in [6, 6.07) is 9.56. The van der Waals surface area contributed by atoms with Crippen LogP contribution in [-0.4, -0.2) is 12.5 Å². The largest absolute Gasteiger partial charge is 0.482 e. The van der Waals surface area contributed by atoms with E-state index in [4.69, 9.17) is 9.15 Å². The van der Waals surface area contributed by atoms with Gasteiger partial charge in [-0.3, -0.25) is 4.79 Å². The molecule has 0 saturated carbocycles. The summed E-state index contributed by atoms with van der Waals surface area (Å²) in [7, 11) is 0. The van der Waals surface area contributed by atoms with Gasteiger partial charge < -0.3 is 19.8 Å². The smallest absolute Gasteiger partial charge is 0.262 e. The Morgan fingerprint density at radius 2 is 2.21 bits per heavy atom. The van der Waals surface area contributed by atoms with E-state index < -0.39 is 0 Å². The molecule has 1 aromatic carbocycles. The van der Waals surface area contributed by atoms with Crippen LogP contribution in [-0.2, 0) is 17.9 Å². The van der Waals surface area contributed by atoms with Crippen molar-refractivity contribution < 1.29 is 13.9 Å². The first-order chi connectivity index (χ1) is 9.31. The third-order valence-corrected chi connectivity index (χ3v) is 2.89. The zero-order chi connectivity index (χ0) is 13.1. The highest BCUT2D eigenvalue weighted by molar-refractivity contribution is 5.95. The zero-order valence-corrected chi connectivity index (χ0v) is 10.3. The highest BCUT2D eigenvalue weighted by atomic mass is 16.5. The molecule has 0 saturated heterocycles. The molecule has 0 unspecified atom stereocenters. The van der Waals surface area contributed by atoms with E-state index >= 15 is 0 Å². The van der Waals surface area contributed by atoms with Crippen molar-refractivity contribution in [2.75, 3.05) is 11.9 Å². The van der Waals surface area contributed by atoms with Gasteiger partial charge in [0.05, 0.1) is 18.5 Å². The Balaban J connectivity index is 1.62. The maximum Gasteiger partial charge on any atom is 0.262 e. The fourth-order valence-corrected chi connectivity index (χ4v) is 1.98. The molecule has 19 heavy (non-hydrogen) atoms. The lowest BCUT2D eigenvalue weighted by Gasteiger charge is -2.18. The fourth-order valence-electron chi connectivity index (χ4n) is 1.98. The molecule has 2 aromatic rings. The first-order valence-corrected chi connectivity index (χ1v) is 6.10. The second-order valence-corrected chi connectivity index (χ2v) is 4.35. The molecule has 2 N–H and O–H groups in total. The van der Waals surface area contributed by atoms with Crippen molar-refractivity contribution in [3.63, 3.8) is 0 Å². The number of nitrogens with one attached hydrogen (secondary N) is 2. The summed E-state index contributed by atoms with van der Waals surface area (Å²) in [5.41, 5.74) is 1.81. The third kappa shape index (κ3) is 2.77. The van der Waals surface area contributed by atoms with Gasteiger partial charge in [0.1, 0.15) is 11.5 Å². The average molecular weight is 258 g/mol.